The zero-order valence-electron chi connectivity index (χ0n) is 11.4. The fourth-order valence-corrected chi connectivity index (χ4v) is 1.71. The Balaban J connectivity index is 2.23. The monoisotopic (exact) mass is 276 g/mol. The van der Waals surface area contributed by atoms with Gasteiger partial charge in [-0.05, 0) is 12.1 Å². The van der Waals surface area contributed by atoms with Gasteiger partial charge in [-0.25, -0.2) is 9.78 Å². The summed E-state index contributed by atoms with van der Waals surface area (Å²) in [6, 6.07) is 3.51. The number of pyridine rings is 1. The zero-order chi connectivity index (χ0) is 14.5. The minimum Gasteiger partial charge on any atom is -0.464 e. The zero-order valence-corrected chi connectivity index (χ0v) is 11.4. The van der Waals surface area contributed by atoms with Gasteiger partial charge in [0.2, 0.25) is 0 Å². The first-order chi connectivity index (χ1) is 9.65. The summed E-state index contributed by atoms with van der Waals surface area (Å²) in [5, 5.41) is 4.38. The number of rotatable bonds is 5. The maximum atomic E-state index is 11.4. The SMILES string of the molecule is COCCn1ccc(-c2cnc(C(=O)OC)c(N)c2)n1. The highest BCUT2D eigenvalue weighted by molar-refractivity contribution is 5.93. The van der Waals surface area contributed by atoms with E-state index in [0.29, 0.717) is 13.2 Å². The Morgan fingerprint density at radius 1 is 1.45 bits per heavy atom. The highest BCUT2D eigenvalue weighted by atomic mass is 16.5. The molecule has 2 aromatic rings. The second kappa shape index (κ2) is 6.16. The Kier molecular flexibility index (Phi) is 4.31. The van der Waals surface area contributed by atoms with Gasteiger partial charge in [-0.3, -0.25) is 4.68 Å². The van der Waals surface area contributed by atoms with Gasteiger partial charge in [-0.2, -0.15) is 5.10 Å². The van der Waals surface area contributed by atoms with E-state index >= 15 is 0 Å². The molecule has 7 nitrogen and oxygen atoms in total. The molecule has 0 radical (unpaired) electrons. The molecule has 0 aliphatic carbocycles. The standard InChI is InChI=1S/C13H16N4O3/c1-19-6-5-17-4-3-11(16-17)9-7-10(14)12(15-8-9)13(18)20-2/h3-4,7-8H,5-6,14H2,1-2H3. The van der Waals surface area contributed by atoms with Gasteiger partial charge in [-0.1, -0.05) is 0 Å². The maximum absolute atomic E-state index is 11.4. The summed E-state index contributed by atoms with van der Waals surface area (Å²) in [7, 11) is 2.93. The molecule has 0 atom stereocenters. The van der Waals surface area contributed by atoms with Gasteiger partial charge in [0.15, 0.2) is 5.69 Å². The van der Waals surface area contributed by atoms with E-state index in [9.17, 15) is 4.79 Å². The smallest absolute Gasteiger partial charge is 0.358 e. The third-order valence-electron chi connectivity index (χ3n) is 2.76. The average Bonchev–Trinajstić information content (AvgIpc) is 2.93. The lowest BCUT2D eigenvalue weighted by Gasteiger charge is -2.04. The summed E-state index contributed by atoms with van der Waals surface area (Å²) in [6.45, 7) is 1.25. The van der Waals surface area contributed by atoms with Crippen molar-refractivity contribution in [2.24, 2.45) is 0 Å². The van der Waals surface area contributed by atoms with Gasteiger partial charge < -0.3 is 15.2 Å². The van der Waals surface area contributed by atoms with Crippen LogP contribution in [-0.2, 0) is 16.0 Å². The van der Waals surface area contributed by atoms with Gasteiger partial charge in [0.05, 0.1) is 31.6 Å². The van der Waals surface area contributed by atoms with Crippen LogP contribution in [0.2, 0.25) is 0 Å². The molecule has 0 spiro atoms. The quantitative estimate of drug-likeness (QED) is 0.818. The molecule has 0 saturated heterocycles. The van der Waals surface area contributed by atoms with E-state index in [-0.39, 0.29) is 11.4 Å². The number of nitrogens with zero attached hydrogens (tertiary/aromatic N) is 3. The topological polar surface area (TPSA) is 92.3 Å². The van der Waals surface area contributed by atoms with E-state index < -0.39 is 5.97 Å². The van der Waals surface area contributed by atoms with Crippen LogP contribution in [0.5, 0.6) is 0 Å². The molecule has 7 heteroatoms. The number of methoxy groups -OCH3 is 2. The van der Waals surface area contributed by atoms with Gasteiger partial charge in [0, 0.05) is 25.1 Å². The van der Waals surface area contributed by atoms with Gasteiger partial charge in [0.25, 0.3) is 0 Å². The van der Waals surface area contributed by atoms with Crippen molar-refractivity contribution in [1.29, 1.82) is 0 Å². The number of hydrogen-bond donors (Lipinski definition) is 1. The number of nitrogen functional groups attached to an aromatic ring is 1. The Labute approximate surface area is 116 Å². The highest BCUT2D eigenvalue weighted by Gasteiger charge is 2.13. The number of carbonyl (C=O) groups excluding carboxylic acids is 1. The summed E-state index contributed by atoms with van der Waals surface area (Å²) >= 11 is 0. The van der Waals surface area contributed by atoms with Crippen molar-refractivity contribution in [3.05, 3.63) is 30.2 Å². The summed E-state index contributed by atoms with van der Waals surface area (Å²) in [4.78, 5) is 15.4. The molecule has 2 heterocycles. The summed E-state index contributed by atoms with van der Waals surface area (Å²) in [5.41, 5.74) is 7.65. The number of hydrogen-bond acceptors (Lipinski definition) is 6. The highest BCUT2D eigenvalue weighted by Crippen LogP contribution is 2.21. The molecule has 0 aromatic carbocycles. The first-order valence-corrected chi connectivity index (χ1v) is 6.02. The average molecular weight is 276 g/mol. The van der Waals surface area contributed by atoms with Crippen LogP contribution in [-0.4, -0.2) is 41.6 Å². The van der Waals surface area contributed by atoms with Crippen LogP contribution in [0.4, 0.5) is 5.69 Å². The van der Waals surface area contributed by atoms with Crippen LogP contribution in [0.25, 0.3) is 11.3 Å². The fraction of sp³-hybridized carbons (Fsp3) is 0.308. The van der Waals surface area contributed by atoms with Crippen LogP contribution >= 0.6 is 0 Å². The summed E-state index contributed by atoms with van der Waals surface area (Å²) < 4.78 is 11.4. The maximum Gasteiger partial charge on any atom is 0.358 e. The lowest BCUT2D eigenvalue weighted by Crippen LogP contribution is -2.08. The fourth-order valence-electron chi connectivity index (χ4n) is 1.71. The van der Waals surface area contributed by atoms with Crippen molar-refractivity contribution < 1.29 is 14.3 Å². The van der Waals surface area contributed by atoms with Crippen LogP contribution in [0.15, 0.2) is 24.5 Å². The van der Waals surface area contributed by atoms with Crippen molar-refractivity contribution in [2.75, 3.05) is 26.6 Å². The van der Waals surface area contributed by atoms with Crippen molar-refractivity contribution in [2.45, 2.75) is 6.54 Å². The van der Waals surface area contributed by atoms with Gasteiger partial charge in [-0.15, -0.1) is 0 Å². The summed E-state index contributed by atoms with van der Waals surface area (Å²) in [5.74, 6) is -0.556. The molecule has 20 heavy (non-hydrogen) atoms. The molecular formula is C13H16N4O3. The number of esters is 1. The second-order valence-corrected chi connectivity index (χ2v) is 4.11. The minimum absolute atomic E-state index is 0.107. The Hall–Kier alpha value is -2.41. The van der Waals surface area contributed by atoms with Gasteiger partial charge in [0.1, 0.15) is 0 Å². The van der Waals surface area contributed by atoms with Crippen LogP contribution in [0.1, 0.15) is 10.5 Å². The largest absolute Gasteiger partial charge is 0.464 e. The molecule has 0 aliphatic heterocycles. The molecule has 2 aromatic heterocycles. The third kappa shape index (κ3) is 2.94. The molecule has 106 valence electrons. The van der Waals surface area contributed by atoms with Crippen molar-refractivity contribution in [1.82, 2.24) is 14.8 Å². The number of carbonyl (C=O) groups is 1. The predicted molar refractivity (Wildman–Crippen MR) is 73.1 cm³/mol. The molecule has 0 saturated carbocycles. The Morgan fingerprint density at radius 2 is 2.25 bits per heavy atom. The molecule has 0 fully saturated rings. The van der Waals surface area contributed by atoms with Crippen molar-refractivity contribution >= 4 is 11.7 Å². The van der Waals surface area contributed by atoms with E-state index in [0.717, 1.165) is 11.3 Å². The summed E-state index contributed by atoms with van der Waals surface area (Å²) in [6.07, 6.45) is 3.39. The molecule has 2 N–H and O–H groups in total. The normalized spacial score (nSPS) is 10.5. The van der Waals surface area contributed by atoms with Crippen molar-refractivity contribution in [3.63, 3.8) is 0 Å². The van der Waals surface area contributed by atoms with E-state index in [4.69, 9.17) is 10.5 Å². The first kappa shape index (κ1) is 14.0. The predicted octanol–water partition coefficient (Wildman–Crippen LogP) is 0.960. The van der Waals surface area contributed by atoms with Crippen LogP contribution in [0, 0.1) is 0 Å². The molecule has 0 amide bonds. The van der Waals surface area contributed by atoms with E-state index in [1.807, 2.05) is 12.3 Å². The molecule has 0 aliphatic rings. The minimum atomic E-state index is -0.556. The second-order valence-electron chi connectivity index (χ2n) is 4.11. The van der Waals surface area contributed by atoms with E-state index in [1.165, 1.54) is 7.11 Å². The molecule has 2 rings (SSSR count). The number of anilines is 1. The molecule has 0 bridgehead atoms. The van der Waals surface area contributed by atoms with E-state index in [1.54, 1.807) is 24.1 Å². The Morgan fingerprint density at radius 3 is 2.90 bits per heavy atom. The van der Waals surface area contributed by atoms with Crippen LogP contribution in [0.3, 0.4) is 0 Å². The van der Waals surface area contributed by atoms with E-state index in [2.05, 4.69) is 14.8 Å². The lowest BCUT2D eigenvalue weighted by atomic mass is 10.2. The number of aromatic nitrogens is 3. The lowest BCUT2D eigenvalue weighted by molar-refractivity contribution is 0.0595. The van der Waals surface area contributed by atoms with Crippen molar-refractivity contribution in [3.8, 4) is 11.3 Å². The number of ether oxygens (including phenoxy) is 2. The third-order valence-corrected chi connectivity index (χ3v) is 2.76. The van der Waals surface area contributed by atoms with Crippen LogP contribution < -0.4 is 5.73 Å². The molecule has 0 unspecified atom stereocenters. The van der Waals surface area contributed by atoms with Gasteiger partial charge >= 0.3 is 5.97 Å². The first-order valence-electron chi connectivity index (χ1n) is 6.02. The Bertz CT molecular complexity index is 609. The molecular weight excluding hydrogens is 260 g/mol. The number of nitrogens with two attached hydrogens (primary N) is 1.